The van der Waals surface area contributed by atoms with Crippen LogP contribution in [0, 0.1) is 0 Å². The van der Waals surface area contributed by atoms with Crippen LogP contribution in [0.15, 0.2) is 47.5 Å². The summed E-state index contributed by atoms with van der Waals surface area (Å²) in [6.07, 6.45) is 0.364. The van der Waals surface area contributed by atoms with Gasteiger partial charge in [-0.2, -0.15) is 0 Å². The van der Waals surface area contributed by atoms with Gasteiger partial charge in [0.2, 0.25) is 23.6 Å². The molecule has 286 valence electrons. The standard InChI is InChI=1S/C34H46N10O9/c1-44-25(9-5-13-39-34(36)37)32(52)41-18-27(46)42-24(16-28(47)48)31(51)40-17-19-6-4-7-20(14-19)29(49)43-23(33(44)53)8-2-3-12-38-30(50)22-11-10-21(35)15-26(22)45/h4,6-7,10-11,14-15,23-25,45H,2-3,5,8-9,12-13,16-18,35H2,1H3,(H,38,50)(H,40,51)(H,41,52)(H,42,46)(H,43,49)(H,47,48)(H4,36,37,39). The summed E-state index contributed by atoms with van der Waals surface area (Å²) < 4.78 is 0. The van der Waals surface area contributed by atoms with Crippen molar-refractivity contribution in [1.82, 2.24) is 31.5 Å². The molecule has 53 heavy (non-hydrogen) atoms. The van der Waals surface area contributed by atoms with Crippen molar-refractivity contribution in [2.45, 2.75) is 63.2 Å². The van der Waals surface area contributed by atoms with Gasteiger partial charge in [-0.1, -0.05) is 12.1 Å². The van der Waals surface area contributed by atoms with Crippen LogP contribution in [0.1, 0.15) is 64.8 Å². The lowest BCUT2D eigenvalue weighted by atomic mass is 10.0. The molecule has 2 aromatic carbocycles. The van der Waals surface area contributed by atoms with E-state index in [-0.39, 0.29) is 61.7 Å². The number of carboxylic acids is 1. The van der Waals surface area contributed by atoms with E-state index in [2.05, 4.69) is 31.6 Å². The van der Waals surface area contributed by atoms with Gasteiger partial charge in [-0.25, -0.2) is 0 Å². The number of hydrogen-bond donors (Lipinski definition) is 10. The van der Waals surface area contributed by atoms with Crippen molar-refractivity contribution in [1.29, 1.82) is 0 Å². The number of carboxylic acid groups (broad SMARTS) is 1. The number of guanidine groups is 1. The number of carbonyl (C=O) groups is 7. The summed E-state index contributed by atoms with van der Waals surface area (Å²) in [5.41, 5.74) is 17.4. The first kappa shape index (κ1) is 41.0. The number of unbranched alkanes of at least 4 members (excludes halogenated alkanes) is 1. The average Bonchev–Trinajstić information content (AvgIpc) is 3.10. The van der Waals surface area contributed by atoms with Crippen molar-refractivity contribution in [3.05, 3.63) is 59.2 Å². The van der Waals surface area contributed by atoms with Crippen LogP contribution in [-0.4, -0.2) is 107 Å². The molecular weight excluding hydrogens is 692 g/mol. The number of carbonyl (C=O) groups excluding carboxylic acids is 6. The molecule has 1 aliphatic rings. The number of benzene rings is 2. The number of phenolic OH excluding ortho intramolecular Hbond substituents is 1. The quantitative estimate of drug-likeness (QED) is 0.0502. The third-order valence-corrected chi connectivity index (χ3v) is 8.23. The number of hydrogen-bond acceptors (Lipinski definition) is 10. The second kappa shape index (κ2) is 19.8. The number of phenols is 1. The molecule has 0 aliphatic carbocycles. The fourth-order valence-electron chi connectivity index (χ4n) is 5.45. The van der Waals surface area contributed by atoms with E-state index in [0.717, 1.165) is 4.90 Å². The normalized spacial score (nSPS) is 18.7. The maximum absolute atomic E-state index is 14.0. The van der Waals surface area contributed by atoms with Gasteiger partial charge in [0.05, 0.1) is 18.5 Å². The van der Waals surface area contributed by atoms with Crippen LogP contribution in [0.5, 0.6) is 5.75 Å². The molecular formula is C34H46N10O9. The molecule has 0 radical (unpaired) electrons. The highest BCUT2D eigenvalue weighted by atomic mass is 16.4. The van der Waals surface area contributed by atoms with E-state index in [9.17, 15) is 43.8 Å². The van der Waals surface area contributed by atoms with Crippen LogP contribution in [0.2, 0.25) is 0 Å². The molecule has 1 heterocycles. The lowest BCUT2D eigenvalue weighted by molar-refractivity contribution is -0.141. The second-order valence-corrected chi connectivity index (χ2v) is 12.3. The monoisotopic (exact) mass is 738 g/mol. The van der Waals surface area contributed by atoms with E-state index in [4.69, 9.17) is 17.2 Å². The topological polar surface area (TPSA) is 314 Å². The van der Waals surface area contributed by atoms with Crippen molar-refractivity contribution in [3.63, 3.8) is 0 Å². The van der Waals surface area contributed by atoms with Crippen LogP contribution in [0.3, 0.4) is 0 Å². The lowest BCUT2D eigenvalue weighted by Gasteiger charge is -2.31. The minimum absolute atomic E-state index is 0.0376. The van der Waals surface area contributed by atoms with E-state index in [1.54, 1.807) is 12.1 Å². The zero-order chi connectivity index (χ0) is 39.1. The molecule has 3 atom stereocenters. The Morgan fingerprint density at radius 1 is 0.925 bits per heavy atom. The van der Waals surface area contributed by atoms with Crippen LogP contribution >= 0.6 is 0 Å². The van der Waals surface area contributed by atoms with E-state index in [1.807, 2.05) is 0 Å². The molecule has 0 fully saturated rings. The number of amides is 6. The minimum Gasteiger partial charge on any atom is -0.507 e. The number of nitrogens with one attached hydrogen (secondary N) is 5. The van der Waals surface area contributed by atoms with Crippen LogP contribution in [-0.2, 0) is 30.5 Å². The summed E-state index contributed by atoms with van der Waals surface area (Å²) in [4.78, 5) is 95.8. The smallest absolute Gasteiger partial charge is 0.305 e. The Kier molecular flexibility index (Phi) is 15.4. The molecule has 0 saturated heterocycles. The Labute approximate surface area is 305 Å². The van der Waals surface area contributed by atoms with Crippen molar-refractivity contribution in [2.24, 2.45) is 16.5 Å². The Morgan fingerprint density at radius 2 is 1.66 bits per heavy atom. The van der Waals surface area contributed by atoms with Gasteiger partial charge in [0, 0.05) is 44.0 Å². The summed E-state index contributed by atoms with van der Waals surface area (Å²) in [5.74, 6) is -5.96. The Hall–Kier alpha value is -6.40. The third kappa shape index (κ3) is 13.0. The number of aliphatic carboxylic acids is 1. The summed E-state index contributed by atoms with van der Waals surface area (Å²) in [5, 5.41) is 32.1. The fourth-order valence-corrected chi connectivity index (χ4v) is 5.45. The summed E-state index contributed by atoms with van der Waals surface area (Å²) in [7, 11) is 1.37. The molecule has 2 bridgehead atoms. The summed E-state index contributed by atoms with van der Waals surface area (Å²) in [6.45, 7) is -0.463. The summed E-state index contributed by atoms with van der Waals surface area (Å²) >= 11 is 0. The van der Waals surface area contributed by atoms with Gasteiger partial charge in [-0.05, 0) is 61.9 Å². The Balaban J connectivity index is 1.87. The predicted molar refractivity (Wildman–Crippen MR) is 192 cm³/mol. The zero-order valence-corrected chi connectivity index (χ0v) is 29.2. The summed E-state index contributed by atoms with van der Waals surface area (Å²) in [6, 6.07) is 6.51. The van der Waals surface area contributed by atoms with E-state index in [1.165, 1.54) is 37.4 Å². The SMILES string of the molecule is CN1C(=O)C(CCCCNC(=O)c2ccc(N)cc2O)NC(=O)c2cccc(c2)CNC(=O)C(CC(=O)O)NC(=O)CNC(=O)C1CCCN=C(N)N. The number of nitrogens with zero attached hydrogens (tertiary/aromatic N) is 2. The highest BCUT2D eigenvalue weighted by Gasteiger charge is 2.33. The van der Waals surface area contributed by atoms with Gasteiger partial charge >= 0.3 is 5.97 Å². The van der Waals surface area contributed by atoms with Gasteiger partial charge in [0.1, 0.15) is 23.9 Å². The largest absolute Gasteiger partial charge is 0.507 e. The van der Waals surface area contributed by atoms with E-state index >= 15 is 0 Å². The predicted octanol–water partition coefficient (Wildman–Crippen LogP) is -1.74. The van der Waals surface area contributed by atoms with Gasteiger partial charge in [-0.15, -0.1) is 0 Å². The van der Waals surface area contributed by atoms with Crippen molar-refractivity contribution >= 4 is 53.1 Å². The Bertz CT molecular complexity index is 1710. The van der Waals surface area contributed by atoms with E-state index < -0.39 is 72.5 Å². The minimum atomic E-state index is -1.47. The van der Waals surface area contributed by atoms with Crippen LogP contribution in [0.4, 0.5) is 5.69 Å². The molecule has 0 spiro atoms. The fraction of sp³-hybridized carbons (Fsp3) is 0.412. The number of anilines is 1. The number of nitrogen functional groups attached to an aromatic ring is 1. The number of nitrogens with two attached hydrogens (primary N) is 3. The highest BCUT2D eigenvalue weighted by molar-refractivity contribution is 5.99. The number of rotatable bonds is 12. The second-order valence-electron chi connectivity index (χ2n) is 12.3. The first-order valence-electron chi connectivity index (χ1n) is 16.8. The van der Waals surface area contributed by atoms with Gasteiger partial charge in [0.15, 0.2) is 5.96 Å². The van der Waals surface area contributed by atoms with Crippen molar-refractivity contribution < 1.29 is 43.8 Å². The molecule has 3 rings (SSSR count). The van der Waals surface area contributed by atoms with Crippen LogP contribution in [0.25, 0.3) is 0 Å². The molecule has 2 aromatic rings. The highest BCUT2D eigenvalue weighted by Crippen LogP contribution is 2.20. The molecule has 19 nitrogen and oxygen atoms in total. The maximum Gasteiger partial charge on any atom is 0.305 e. The molecule has 1 aliphatic heterocycles. The first-order valence-corrected chi connectivity index (χ1v) is 16.8. The third-order valence-electron chi connectivity index (χ3n) is 8.23. The molecule has 19 heteroatoms. The Morgan fingerprint density at radius 3 is 2.36 bits per heavy atom. The molecule has 0 aromatic heterocycles. The van der Waals surface area contributed by atoms with Crippen molar-refractivity contribution in [2.75, 3.05) is 32.4 Å². The lowest BCUT2D eigenvalue weighted by Crippen LogP contribution is -2.56. The number of likely N-dealkylation sites (N-methyl/N-ethyl adjacent to an activating group) is 1. The van der Waals surface area contributed by atoms with Gasteiger partial charge in [-0.3, -0.25) is 38.6 Å². The molecule has 0 saturated carbocycles. The number of aliphatic imine (C=N–C) groups is 1. The first-order chi connectivity index (χ1) is 25.2. The average molecular weight is 739 g/mol. The van der Waals surface area contributed by atoms with Gasteiger partial charge in [0.25, 0.3) is 11.8 Å². The molecule has 6 amide bonds. The zero-order valence-electron chi connectivity index (χ0n) is 29.2. The van der Waals surface area contributed by atoms with E-state index in [0.29, 0.717) is 24.1 Å². The van der Waals surface area contributed by atoms with Gasteiger partial charge < -0.3 is 58.9 Å². The number of fused-ring (bicyclic) bond motifs is 2. The van der Waals surface area contributed by atoms with Crippen LogP contribution < -0.4 is 43.8 Å². The van der Waals surface area contributed by atoms with Crippen molar-refractivity contribution in [3.8, 4) is 5.75 Å². The molecule has 3 unspecified atom stereocenters. The maximum atomic E-state index is 14.0. The molecule has 13 N–H and O–H groups in total. The number of aromatic hydroxyl groups is 1.